The first-order chi connectivity index (χ1) is 10.1. The largest absolute Gasteiger partial charge is 0.409 e. The fourth-order valence-corrected chi connectivity index (χ4v) is 1.60. The molecule has 1 heterocycles. The number of hydrogen-bond donors (Lipinski definition) is 2. The van der Waals surface area contributed by atoms with Crippen LogP contribution in [0.2, 0.25) is 0 Å². The molecule has 1 rings (SSSR count). The molecule has 118 valence electrons. The van der Waals surface area contributed by atoms with E-state index in [2.05, 4.69) is 10.3 Å². The average molecular weight is 300 g/mol. The predicted molar refractivity (Wildman–Crippen MR) is 73.0 cm³/mol. The van der Waals surface area contributed by atoms with Crippen LogP contribution in [-0.2, 0) is 16.1 Å². The Morgan fingerprint density at radius 3 is 2.86 bits per heavy atom. The fourth-order valence-electron chi connectivity index (χ4n) is 1.60. The van der Waals surface area contributed by atoms with Gasteiger partial charge in [0.1, 0.15) is 12.4 Å². The molecule has 0 fully saturated rings. The second-order valence-corrected chi connectivity index (χ2v) is 4.24. The molecule has 0 aliphatic carbocycles. The van der Waals surface area contributed by atoms with Gasteiger partial charge >= 0.3 is 0 Å². The number of carbonyl (C=O) groups is 1. The highest BCUT2D eigenvalue weighted by Gasteiger charge is 2.20. The molecule has 0 aliphatic rings. The minimum absolute atomic E-state index is 0.0467. The summed E-state index contributed by atoms with van der Waals surface area (Å²) in [5.41, 5.74) is 5.59. The van der Waals surface area contributed by atoms with E-state index in [0.29, 0.717) is 18.9 Å². The lowest BCUT2D eigenvalue weighted by Gasteiger charge is -2.20. The van der Waals surface area contributed by atoms with Crippen LogP contribution in [-0.4, -0.2) is 60.9 Å². The standard InChI is InChI=1S/C12H20N4O5/c1-19-6-5-16(4-3-11(13)14-18)12(17)10-7-9(8-20-2)21-15-10/h7,18H,3-6,8H2,1-2H3,(H2,13,14). The zero-order chi connectivity index (χ0) is 15.7. The molecule has 1 aromatic heterocycles. The molecule has 0 aliphatic heterocycles. The predicted octanol–water partition coefficient (Wildman–Crippen LogP) is 0.0461. The number of ether oxygens (including phenoxy) is 2. The maximum Gasteiger partial charge on any atom is 0.276 e. The van der Waals surface area contributed by atoms with Crippen molar-refractivity contribution in [3.8, 4) is 0 Å². The number of aromatic nitrogens is 1. The van der Waals surface area contributed by atoms with Crippen molar-refractivity contribution in [2.45, 2.75) is 13.0 Å². The van der Waals surface area contributed by atoms with E-state index in [1.165, 1.54) is 18.1 Å². The minimum Gasteiger partial charge on any atom is -0.409 e. The van der Waals surface area contributed by atoms with E-state index in [4.69, 9.17) is 24.9 Å². The van der Waals surface area contributed by atoms with Gasteiger partial charge in [-0.25, -0.2) is 0 Å². The summed E-state index contributed by atoms with van der Waals surface area (Å²) in [5, 5.41) is 15.1. The molecular weight excluding hydrogens is 280 g/mol. The Morgan fingerprint density at radius 1 is 1.48 bits per heavy atom. The van der Waals surface area contributed by atoms with E-state index in [-0.39, 0.29) is 37.0 Å². The van der Waals surface area contributed by atoms with Crippen LogP contribution in [0.25, 0.3) is 0 Å². The highest BCUT2D eigenvalue weighted by Crippen LogP contribution is 2.08. The maximum absolute atomic E-state index is 12.3. The Kier molecular flexibility index (Phi) is 7.19. The third-order valence-corrected chi connectivity index (χ3v) is 2.68. The van der Waals surface area contributed by atoms with Gasteiger partial charge < -0.3 is 29.8 Å². The van der Waals surface area contributed by atoms with Crippen molar-refractivity contribution in [3.05, 3.63) is 17.5 Å². The SMILES string of the molecule is COCCN(CCC(N)=NO)C(=O)c1cc(COC)on1. The Hall–Kier alpha value is -2.13. The molecule has 9 nitrogen and oxygen atoms in total. The molecule has 9 heteroatoms. The number of amidine groups is 1. The summed E-state index contributed by atoms with van der Waals surface area (Å²) in [5.74, 6) is 0.193. The van der Waals surface area contributed by atoms with Crippen LogP contribution in [0.15, 0.2) is 15.7 Å². The smallest absolute Gasteiger partial charge is 0.276 e. The van der Waals surface area contributed by atoms with Crippen molar-refractivity contribution in [1.82, 2.24) is 10.1 Å². The molecule has 0 aromatic carbocycles. The zero-order valence-electron chi connectivity index (χ0n) is 12.1. The molecule has 1 aromatic rings. The van der Waals surface area contributed by atoms with E-state index in [1.54, 1.807) is 7.11 Å². The van der Waals surface area contributed by atoms with Crippen LogP contribution in [0.1, 0.15) is 22.7 Å². The van der Waals surface area contributed by atoms with Crippen molar-refractivity contribution < 1.29 is 24.0 Å². The third-order valence-electron chi connectivity index (χ3n) is 2.68. The molecule has 0 atom stereocenters. The molecule has 0 saturated carbocycles. The van der Waals surface area contributed by atoms with Gasteiger partial charge in [-0.3, -0.25) is 4.79 Å². The lowest BCUT2D eigenvalue weighted by molar-refractivity contribution is 0.0690. The second-order valence-electron chi connectivity index (χ2n) is 4.24. The highest BCUT2D eigenvalue weighted by atomic mass is 16.5. The van der Waals surface area contributed by atoms with Gasteiger partial charge in [0.05, 0.1) is 6.61 Å². The Morgan fingerprint density at radius 2 is 2.24 bits per heavy atom. The van der Waals surface area contributed by atoms with Gasteiger partial charge in [0.15, 0.2) is 11.5 Å². The van der Waals surface area contributed by atoms with E-state index < -0.39 is 0 Å². The van der Waals surface area contributed by atoms with Gasteiger partial charge in [0, 0.05) is 39.8 Å². The normalized spacial score (nSPS) is 11.6. The molecule has 0 radical (unpaired) electrons. The lowest BCUT2D eigenvalue weighted by Crippen LogP contribution is -2.36. The zero-order valence-corrected chi connectivity index (χ0v) is 12.1. The molecular formula is C12H20N4O5. The fraction of sp³-hybridized carbons (Fsp3) is 0.583. The number of methoxy groups -OCH3 is 2. The average Bonchev–Trinajstić information content (AvgIpc) is 2.95. The van der Waals surface area contributed by atoms with Crippen LogP contribution >= 0.6 is 0 Å². The summed E-state index contributed by atoms with van der Waals surface area (Å²) in [7, 11) is 3.06. The van der Waals surface area contributed by atoms with Gasteiger partial charge in [0.2, 0.25) is 0 Å². The number of nitrogens with zero attached hydrogens (tertiary/aromatic N) is 3. The number of carbonyl (C=O) groups excluding carboxylic acids is 1. The highest BCUT2D eigenvalue weighted by molar-refractivity contribution is 5.92. The number of nitrogens with two attached hydrogens (primary N) is 1. The molecule has 0 saturated heterocycles. The minimum atomic E-state index is -0.316. The molecule has 0 unspecified atom stereocenters. The van der Waals surface area contributed by atoms with Crippen molar-refractivity contribution in [3.63, 3.8) is 0 Å². The first-order valence-corrected chi connectivity index (χ1v) is 6.31. The van der Waals surface area contributed by atoms with Crippen LogP contribution < -0.4 is 5.73 Å². The van der Waals surface area contributed by atoms with Crippen LogP contribution in [0.5, 0.6) is 0 Å². The quantitative estimate of drug-likeness (QED) is 0.286. The van der Waals surface area contributed by atoms with Crippen LogP contribution in [0.3, 0.4) is 0 Å². The molecule has 21 heavy (non-hydrogen) atoms. The number of hydrogen-bond acceptors (Lipinski definition) is 7. The summed E-state index contributed by atoms with van der Waals surface area (Å²) >= 11 is 0. The third kappa shape index (κ3) is 5.40. The van der Waals surface area contributed by atoms with Crippen molar-refractivity contribution in [2.24, 2.45) is 10.9 Å². The molecule has 3 N–H and O–H groups in total. The van der Waals surface area contributed by atoms with Crippen molar-refractivity contribution in [2.75, 3.05) is 33.9 Å². The van der Waals surface area contributed by atoms with Crippen LogP contribution in [0, 0.1) is 0 Å². The molecule has 1 amide bonds. The maximum atomic E-state index is 12.3. The van der Waals surface area contributed by atoms with E-state index in [1.807, 2.05) is 0 Å². The molecule has 0 bridgehead atoms. The van der Waals surface area contributed by atoms with E-state index >= 15 is 0 Å². The van der Waals surface area contributed by atoms with Crippen LogP contribution in [0.4, 0.5) is 0 Å². The summed E-state index contributed by atoms with van der Waals surface area (Å²) in [4.78, 5) is 13.8. The lowest BCUT2D eigenvalue weighted by atomic mass is 10.3. The Bertz CT molecular complexity index is 474. The summed E-state index contributed by atoms with van der Waals surface area (Å²) in [6.45, 7) is 1.25. The number of oxime groups is 1. The van der Waals surface area contributed by atoms with Crippen molar-refractivity contribution >= 4 is 11.7 Å². The van der Waals surface area contributed by atoms with Gasteiger partial charge in [-0.1, -0.05) is 10.3 Å². The van der Waals surface area contributed by atoms with Gasteiger partial charge in [0.25, 0.3) is 5.91 Å². The topological polar surface area (TPSA) is 123 Å². The Labute approximate surface area is 122 Å². The second kappa shape index (κ2) is 8.93. The van der Waals surface area contributed by atoms with E-state index in [0.717, 1.165) is 0 Å². The summed E-state index contributed by atoms with van der Waals surface area (Å²) in [6.07, 6.45) is 0.245. The van der Waals surface area contributed by atoms with Gasteiger partial charge in [-0.2, -0.15) is 0 Å². The van der Waals surface area contributed by atoms with E-state index in [9.17, 15) is 4.79 Å². The summed E-state index contributed by atoms with van der Waals surface area (Å²) in [6, 6.07) is 1.52. The monoisotopic (exact) mass is 300 g/mol. The van der Waals surface area contributed by atoms with Gasteiger partial charge in [-0.15, -0.1) is 0 Å². The van der Waals surface area contributed by atoms with Gasteiger partial charge in [-0.05, 0) is 0 Å². The number of amides is 1. The molecule has 0 spiro atoms. The first kappa shape index (κ1) is 16.9. The first-order valence-electron chi connectivity index (χ1n) is 6.31. The summed E-state index contributed by atoms with van der Waals surface area (Å²) < 4.78 is 14.9. The van der Waals surface area contributed by atoms with Crippen molar-refractivity contribution in [1.29, 1.82) is 0 Å². The Balaban J connectivity index is 2.72. The number of rotatable bonds is 9.